The van der Waals surface area contributed by atoms with Crippen LogP contribution < -0.4 is 16.6 Å². The third-order valence-electron chi connectivity index (χ3n) is 3.65. The molecule has 1 heterocycles. The summed E-state index contributed by atoms with van der Waals surface area (Å²) in [5, 5.41) is 3.50. The van der Waals surface area contributed by atoms with E-state index in [2.05, 4.69) is 20.7 Å². The van der Waals surface area contributed by atoms with Gasteiger partial charge in [0, 0.05) is 40.3 Å². The van der Waals surface area contributed by atoms with Crippen molar-refractivity contribution in [3.05, 3.63) is 11.4 Å². The molecule has 0 amide bonds. The molecule has 0 spiro atoms. The molecule has 0 aromatic carbocycles. The minimum Gasteiger partial charge on any atom is -0.370 e. The van der Waals surface area contributed by atoms with E-state index in [9.17, 15) is 4.21 Å². The molecule has 20 heavy (non-hydrogen) atoms. The summed E-state index contributed by atoms with van der Waals surface area (Å²) in [4.78, 5) is 9.04. The van der Waals surface area contributed by atoms with Crippen LogP contribution in [-0.2, 0) is 10.8 Å². The van der Waals surface area contributed by atoms with E-state index in [-0.39, 0.29) is 5.25 Å². The van der Waals surface area contributed by atoms with Crippen LogP contribution in [0.3, 0.4) is 0 Å². The zero-order valence-corrected chi connectivity index (χ0v) is 13.1. The van der Waals surface area contributed by atoms with Gasteiger partial charge in [-0.05, 0) is 26.2 Å². The second-order valence-electron chi connectivity index (χ2n) is 5.35. The first-order valence-corrected chi connectivity index (χ1v) is 8.56. The smallest absolute Gasteiger partial charge is 0.148 e. The SMILES string of the molecule is Cc1c(NN)nc(C2CC2)nc1NCCC(C)S(C)=O. The fourth-order valence-corrected chi connectivity index (χ4v) is 2.38. The van der Waals surface area contributed by atoms with Crippen LogP contribution in [0.1, 0.15) is 43.5 Å². The van der Waals surface area contributed by atoms with Crippen LogP contribution >= 0.6 is 0 Å². The van der Waals surface area contributed by atoms with Crippen molar-refractivity contribution in [2.75, 3.05) is 23.5 Å². The van der Waals surface area contributed by atoms with E-state index < -0.39 is 10.8 Å². The van der Waals surface area contributed by atoms with Gasteiger partial charge in [-0.2, -0.15) is 0 Å². The Morgan fingerprint density at radius 2 is 2.05 bits per heavy atom. The fourth-order valence-electron chi connectivity index (χ4n) is 1.93. The molecule has 4 N–H and O–H groups in total. The molecule has 1 aromatic rings. The minimum atomic E-state index is -0.786. The number of hydrogen-bond acceptors (Lipinski definition) is 6. The van der Waals surface area contributed by atoms with Gasteiger partial charge in [0.2, 0.25) is 0 Å². The fraction of sp³-hybridized carbons (Fsp3) is 0.692. The molecular weight excluding hydrogens is 274 g/mol. The zero-order chi connectivity index (χ0) is 14.7. The van der Waals surface area contributed by atoms with Gasteiger partial charge >= 0.3 is 0 Å². The van der Waals surface area contributed by atoms with E-state index in [0.29, 0.717) is 11.7 Å². The molecular formula is C13H23N5OS. The Labute approximate surface area is 122 Å². The molecule has 7 heteroatoms. The normalized spacial score (nSPS) is 17.6. The minimum absolute atomic E-state index is 0.180. The van der Waals surface area contributed by atoms with E-state index >= 15 is 0 Å². The van der Waals surface area contributed by atoms with Gasteiger partial charge in [0.05, 0.1) is 0 Å². The molecule has 1 aliphatic carbocycles. The highest BCUT2D eigenvalue weighted by atomic mass is 32.2. The van der Waals surface area contributed by atoms with Crippen LogP contribution in [0.15, 0.2) is 0 Å². The summed E-state index contributed by atoms with van der Waals surface area (Å²) < 4.78 is 11.3. The molecule has 1 saturated carbocycles. The monoisotopic (exact) mass is 297 g/mol. The Balaban J connectivity index is 2.06. The largest absolute Gasteiger partial charge is 0.370 e. The summed E-state index contributed by atoms with van der Waals surface area (Å²) in [6.45, 7) is 4.68. The van der Waals surface area contributed by atoms with Gasteiger partial charge < -0.3 is 10.7 Å². The number of hydrazine groups is 1. The van der Waals surface area contributed by atoms with Crippen LogP contribution in [0.25, 0.3) is 0 Å². The number of nitrogens with one attached hydrogen (secondary N) is 2. The summed E-state index contributed by atoms with van der Waals surface area (Å²) >= 11 is 0. The molecule has 2 unspecified atom stereocenters. The Morgan fingerprint density at radius 3 is 2.60 bits per heavy atom. The van der Waals surface area contributed by atoms with E-state index in [4.69, 9.17) is 5.84 Å². The van der Waals surface area contributed by atoms with Crippen LogP contribution in [0, 0.1) is 6.92 Å². The second-order valence-corrected chi connectivity index (χ2v) is 7.15. The summed E-state index contributed by atoms with van der Waals surface area (Å²) in [5.41, 5.74) is 3.56. The van der Waals surface area contributed by atoms with Crippen molar-refractivity contribution >= 4 is 22.4 Å². The number of anilines is 2. The molecule has 1 aromatic heterocycles. The number of nitrogens with zero attached hydrogens (tertiary/aromatic N) is 2. The van der Waals surface area contributed by atoms with Crippen LogP contribution in [0.5, 0.6) is 0 Å². The van der Waals surface area contributed by atoms with E-state index in [1.165, 1.54) is 0 Å². The summed E-state index contributed by atoms with van der Waals surface area (Å²) in [6, 6.07) is 0. The Kier molecular flexibility index (Phi) is 4.93. The van der Waals surface area contributed by atoms with Gasteiger partial charge in [-0.25, -0.2) is 15.8 Å². The lowest BCUT2D eigenvalue weighted by Crippen LogP contribution is -2.18. The van der Waals surface area contributed by atoms with Crippen molar-refractivity contribution in [2.45, 2.75) is 44.3 Å². The molecule has 112 valence electrons. The topological polar surface area (TPSA) is 92.9 Å². The van der Waals surface area contributed by atoms with Crippen molar-refractivity contribution in [1.29, 1.82) is 0 Å². The highest BCUT2D eigenvalue weighted by Gasteiger charge is 2.28. The van der Waals surface area contributed by atoms with Gasteiger partial charge in [0.1, 0.15) is 17.5 Å². The first-order valence-electron chi connectivity index (χ1n) is 6.94. The first kappa shape index (κ1) is 15.2. The first-order chi connectivity index (χ1) is 9.52. The molecule has 1 aliphatic rings. The maximum Gasteiger partial charge on any atom is 0.148 e. The number of aromatic nitrogens is 2. The van der Waals surface area contributed by atoms with Crippen molar-refractivity contribution in [3.63, 3.8) is 0 Å². The van der Waals surface area contributed by atoms with E-state index in [1.807, 2.05) is 13.8 Å². The van der Waals surface area contributed by atoms with Gasteiger partial charge in [0.25, 0.3) is 0 Å². The van der Waals surface area contributed by atoms with E-state index in [1.54, 1.807) is 6.26 Å². The predicted molar refractivity (Wildman–Crippen MR) is 83.2 cm³/mol. The molecule has 1 fully saturated rings. The predicted octanol–water partition coefficient (Wildman–Crippen LogP) is 1.52. The Hall–Kier alpha value is -1.21. The summed E-state index contributed by atoms with van der Waals surface area (Å²) in [5.74, 6) is 8.35. The highest BCUT2D eigenvalue weighted by molar-refractivity contribution is 7.84. The van der Waals surface area contributed by atoms with Crippen molar-refractivity contribution in [3.8, 4) is 0 Å². The number of hydrogen-bond donors (Lipinski definition) is 3. The third-order valence-corrected chi connectivity index (χ3v) is 5.02. The number of nitrogens with two attached hydrogens (primary N) is 1. The molecule has 0 saturated heterocycles. The summed E-state index contributed by atoms with van der Waals surface area (Å²) in [6.07, 6.45) is 4.88. The average Bonchev–Trinajstić information content (AvgIpc) is 3.24. The molecule has 0 aliphatic heterocycles. The highest BCUT2D eigenvalue weighted by Crippen LogP contribution is 2.39. The average molecular weight is 297 g/mol. The lowest BCUT2D eigenvalue weighted by Gasteiger charge is -2.14. The third kappa shape index (κ3) is 3.67. The van der Waals surface area contributed by atoms with Gasteiger partial charge in [-0.1, -0.05) is 6.92 Å². The summed E-state index contributed by atoms with van der Waals surface area (Å²) in [7, 11) is -0.786. The zero-order valence-electron chi connectivity index (χ0n) is 12.3. The van der Waals surface area contributed by atoms with Crippen molar-refractivity contribution in [2.24, 2.45) is 5.84 Å². The maximum absolute atomic E-state index is 11.3. The van der Waals surface area contributed by atoms with Crippen molar-refractivity contribution in [1.82, 2.24) is 9.97 Å². The van der Waals surface area contributed by atoms with E-state index in [0.717, 1.165) is 43.0 Å². The van der Waals surface area contributed by atoms with Gasteiger partial charge in [0.15, 0.2) is 0 Å². The second kappa shape index (κ2) is 6.49. The molecule has 0 bridgehead atoms. The van der Waals surface area contributed by atoms with Crippen LogP contribution in [0.4, 0.5) is 11.6 Å². The molecule has 0 radical (unpaired) electrons. The lowest BCUT2D eigenvalue weighted by atomic mass is 10.2. The number of nitrogen functional groups attached to an aromatic ring is 1. The molecule has 2 rings (SSSR count). The maximum atomic E-state index is 11.3. The van der Waals surface area contributed by atoms with Crippen molar-refractivity contribution < 1.29 is 4.21 Å². The Bertz CT molecular complexity index is 504. The standard InChI is InChI=1S/C13H23N5OS/c1-8(20(3)19)6-7-15-11-9(2)12(18-14)17-13(16-11)10-4-5-10/h8,10H,4-7,14H2,1-3H3,(H2,15,16,17,18). The van der Waals surface area contributed by atoms with Crippen LogP contribution in [0.2, 0.25) is 0 Å². The van der Waals surface area contributed by atoms with Gasteiger partial charge in [-0.15, -0.1) is 0 Å². The quantitative estimate of drug-likeness (QED) is 0.522. The Morgan fingerprint density at radius 1 is 1.40 bits per heavy atom. The lowest BCUT2D eigenvalue weighted by molar-refractivity contribution is 0.672. The number of rotatable bonds is 7. The van der Waals surface area contributed by atoms with Crippen LogP contribution in [-0.4, -0.2) is 32.2 Å². The molecule has 6 nitrogen and oxygen atoms in total. The molecule has 2 atom stereocenters. The van der Waals surface area contributed by atoms with Gasteiger partial charge in [-0.3, -0.25) is 4.21 Å².